The number of anilines is 1. The van der Waals surface area contributed by atoms with Crippen molar-refractivity contribution in [3.63, 3.8) is 0 Å². The van der Waals surface area contributed by atoms with Crippen LogP contribution in [0, 0.1) is 6.92 Å². The number of nitrogens with one attached hydrogen (secondary N) is 1. The minimum atomic E-state index is 0.114. The molecule has 0 aromatic heterocycles. The predicted octanol–water partition coefficient (Wildman–Crippen LogP) is 2.70. The highest BCUT2D eigenvalue weighted by Gasteiger charge is 1.98. The van der Waals surface area contributed by atoms with Crippen molar-refractivity contribution in [1.29, 1.82) is 0 Å². The van der Waals surface area contributed by atoms with Crippen molar-refractivity contribution >= 4 is 5.69 Å². The van der Waals surface area contributed by atoms with Crippen molar-refractivity contribution < 1.29 is 5.11 Å². The van der Waals surface area contributed by atoms with E-state index in [9.17, 15) is 0 Å². The van der Waals surface area contributed by atoms with Gasteiger partial charge in [-0.2, -0.15) is 0 Å². The van der Waals surface area contributed by atoms with Gasteiger partial charge < -0.3 is 10.4 Å². The van der Waals surface area contributed by atoms with E-state index in [0.717, 1.165) is 17.8 Å². The van der Waals surface area contributed by atoms with E-state index in [1.807, 2.05) is 18.2 Å². The van der Waals surface area contributed by atoms with Gasteiger partial charge in [-0.15, -0.1) is 0 Å². The first-order valence-electron chi connectivity index (χ1n) is 5.22. The number of benzene rings is 1. The number of hydrogen-bond acceptors (Lipinski definition) is 2. The first kappa shape index (κ1) is 11.1. The maximum Gasteiger partial charge on any atom is 0.0682 e. The molecule has 0 saturated heterocycles. The Morgan fingerprint density at radius 2 is 2.14 bits per heavy atom. The molecule has 0 heterocycles. The van der Waals surface area contributed by atoms with Gasteiger partial charge in [0.15, 0.2) is 0 Å². The average Bonchev–Trinajstić information content (AvgIpc) is 2.21. The molecular weight excluding hydrogens is 174 g/mol. The normalized spacial score (nSPS) is 10.2. The highest BCUT2D eigenvalue weighted by Crippen LogP contribution is 2.16. The standard InChI is InChI=1S/C12H19NO/c1-3-4-7-13-12-8-11(9-14)6-5-10(12)2/h5-6,8,13-14H,3-4,7,9H2,1-2H3. The zero-order valence-electron chi connectivity index (χ0n) is 9.01. The van der Waals surface area contributed by atoms with E-state index in [1.54, 1.807) is 0 Å². The van der Waals surface area contributed by atoms with E-state index >= 15 is 0 Å². The quantitative estimate of drug-likeness (QED) is 0.705. The second-order valence-electron chi connectivity index (χ2n) is 3.59. The lowest BCUT2D eigenvalue weighted by Gasteiger charge is -2.10. The van der Waals surface area contributed by atoms with Crippen molar-refractivity contribution in [3.8, 4) is 0 Å². The lowest BCUT2D eigenvalue weighted by molar-refractivity contribution is 0.282. The maximum absolute atomic E-state index is 9.00. The summed E-state index contributed by atoms with van der Waals surface area (Å²) in [5.74, 6) is 0. The lowest BCUT2D eigenvalue weighted by atomic mass is 10.1. The third-order valence-corrected chi connectivity index (χ3v) is 2.33. The molecule has 1 aromatic carbocycles. The van der Waals surface area contributed by atoms with Crippen molar-refractivity contribution in [2.75, 3.05) is 11.9 Å². The number of aliphatic hydroxyl groups is 1. The molecule has 14 heavy (non-hydrogen) atoms. The first-order chi connectivity index (χ1) is 6.77. The third kappa shape index (κ3) is 3.04. The molecule has 2 N–H and O–H groups in total. The van der Waals surface area contributed by atoms with E-state index in [4.69, 9.17) is 5.11 Å². The summed E-state index contributed by atoms with van der Waals surface area (Å²) in [5.41, 5.74) is 3.35. The van der Waals surface area contributed by atoms with Gasteiger partial charge in [-0.05, 0) is 30.5 Å². The van der Waals surface area contributed by atoms with Crippen molar-refractivity contribution in [2.24, 2.45) is 0 Å². The van der Waals surface area contributed by atoms with Gasteiger partial charge in [0.05, 0.1) is 6.61 Å². The first-order valence-corrected chi connectivity index (χ1v) is 5.22. The summed E-state index contributed by atoms with van der Waals surface area (Å²) in [5, 5.41) is 12.4. The van der Waals surface area contributed by atoms with Crippen LogP contribution in [-0.2, 0) is 6.61 Å². The topological polar surface area (TPSA) is 32.3 Å². The van der Waals surface area contributed by atoms with Gasteiger partial charge in [0, 0.05) is 12.2 Å². The van der Waals surface area contributed by atoms with Gasteiger partial charge in [0.25, 0.3) is 0 Å². The lowest BCUT2D eigenvalue weighted by Crippen LogP contribution is -2.03. The van der Waals surface area contributed by atoms with E-state index in [-0.39, 0.29) is 6.61 Å². The van der Waals surface area contributed by atoms with Crippen LogP contribution in [0.15, 0.2) is 18.2 Å². The molecule has 2 nitrogen and oxygen atoms in total. The second-order valence-corrected chi connectivity index (χ2v) is 3.59. The molecule has 0 aliphatic rings. The van der Waals surface area contributed by atoms with Gasteiger partial charge in [0.2, 0.25) is 0 Å². The van der Waals surface area contributed by atoms with Crippen LogP contribution in [-0.4, -0.2) is 11.7 Å². The number of hydrogen-bond donors (Lipinski definition) is 2. The zero-order valence-corrected chi connectivity index (χ0v) is 9.01. The monoisotopic (exact) mass is 193 g/mol. The summed E-state index contributed by atoms with van der Waals surface area (Å²) >= 11 is 0. The molecule has 0 spiro atoms. The minimum Gasteiger partial charge on any atom is -0.392 e. The Hall–Kier alpha value is -1.02. The van der Waals surface area contributed by atoms with Gasteiger partial charge in [0.1, 0.15) is 0 Å². The van der Waals surface area contributed by atoms with Crippen LogP contribution in [0.5, 0.6) is 0 Å². The van der Waals surface area contributed by atoms with Crippen LogP contribution in [0.25, 0.3) is 0 Å². The van der Waals surface area contributed by atoms with Crippen LogP contribution in [0.2, 0.25) is 0 Å². The molecule has 0 aliphatic carbocycles. The molecule has 0 unspecified atom stereocenters. The number of aliphatic hydroxyl groups excluding tert-OH is 1. The predicted molar refractivity (Wildman–Crippen MR) is 60.5 cm³/mol. The Morgan fingerprint density at radius 1 is 1.36 bits per heavy atom. The Morgan fingerprint density at radius 3 is 2.79 bits per heavy atom. The highest BCUT2D eigenvalue weighted by molar-refractivity contribution is 5.52. The van der Waals surface area contributed by atoms with E-state index in [0.29, 0.717) is 0 Å². The number of rotatable bonds is 5. The molecule has 0 fully saturated rings. The van der Waals surface area contributed by atoms with Crippen molar-refractivity contribution in [2.45, 2.75) is 33.3 Å². The molecule has 78 valence electrons. The highest BCUT2D eigenvalue weighted by atomic mass is 16.3. The summed E-state index contributed by atoms with van der Waals surface area (Å²) in [6.45, 7) is 5.38. The molecule has 0 saturated carbocycles. The van der Waals surface area contributed by atoms with Gasteiger partial charge in [-0.1, -0.05) is 25.5 Å². The van der Waals surface area contributed by atoms with Gasteiger partial charge >= 0.3 is 0 Å². The molecule has 0 radical (unpaired) electrons. The van der Waals surface area contributed by atoms with Crippen LogP contribution < -0.4 is 5.32 Å². The van der Waals surface area contributed by atoms with Crippen LogP contribution >= 0.6 is 0 Å². The zero-order chi connectivity index (χ0) is 10.4. The van der Waals surface area contributed by atoms with Crippen LogP contribution in [0.1, 0.15) is 30.9 Å². The Labute approximate surface area is 86.0 Å². The van der Waals surface area contributed by atoms with Crippen LogP contribution in [0.4, 0.5) is 5.69 Å². The summed E-state index contributed by atoms with van der Waals surface area (Å²) in [4.78, 5) is 0. The fourth-order valence-electron chi connectivity index (χ4n) is 1.36. The van der Waals surface area contributed by atoms with E-state index in [2.05, 4.69) is 19.2 Å². The Balaban J connectivity index is 2.64. The van der Waals surface area contributed by atoms with E-state index in [1.165, 1.54) is 18.4 Å². The summed E-state index contributed by atoms with van der Waals surface area (Å²) in [7, 11) is 0. The molecule has 0 atom stereocenters. The van der Waals surface area contributed by atoms with Crippen LogP contribution in [0.3, 0.4) is 0 Å². The number of unbranched alkanes of at least 4 members (excludes halogenated alkanes) is 1. The van der Waals surface area contributed by atoms with E-state index < -0.39 is 0 Å². The van der Waals surface area contributed by atoms with Crippen molar-refractivity contribution in [1.82, 2.24) is 0 Å². The van der Waals surface area contributed by atoms with Gasteiger partial charge in [-0.3, -0.25) is 0 Å². The summed E-state index contributed by atoms with van der Waals surface area (Å²) in [6.07, 6.45) is 2.38. The Kier molecular flexibility index (Phi) is 4.47. The smallest absolute Gasteiger partial charge is 0.0682 e. The molecule has 0 bridgehead atoms. The molecule has 1 rings (SSSR count). The molecule has 0 amide bonds. The summed E-state index contributed by atoms with van der Waals surface area (Å²) in [6, 6.07) is 6.02. The average molecular weight is 193 g/mol. The summed E-state index contributed by atoms with van der Waals surface area (Å²) < 4.78 is 0. The fourth-order valence-corrected chi connectivity index (χ4v) is 1.36. The van der Waals surface area contributed by atoms with Gasteiger partial charge in [-0.25, -0.2) is 0 Å². The largest absolute Gasteiger partial charge is 0.392 e. The SMILES string of the molecule is CCCCNc1cc(CO)ccc1C. The third-order valence-electron chi connectivity index (χ3n) is 2.33. The fraction of sp³-hybridized carbons (Fsp3) is 0.500. The number of aryl methyl sites for hydroxylation is 1. The maximum atomic E-state index is 9.00. The molecule has 0 aliphatic heterocycles. The van der Waals surface area contributed by atoms with Crippen molar-refractivity contribution in [3.05, 3.63) is 29.3 Å². The molecular formula is C12H19NO. The molecule has 2 heteroatoms. The minimum absolute atomic E-state index is 0.114. The molecule has 1 aromatic rings. The second kappa shape index (κ2) is 5.66. The Bertz CT molecular complexity index is 284.